The first-order chi connectivity index (χ1) is 8.83. The third-order valence-electron chi connectivity index (χ3n) is 3.27. The van der Waals surface area contributed by atoms with Gasteiger partial charge in [-0.1, -0.05) is 0 Å². The molecule has 0 aliphatic heterocycles. The predicted octanol–water partition coefficient (Wildman–Crippen LogP) is 0.631. The Morgan fingerprint density at radius 3 is 2.79 bits per heavy atom. The average Bonchev–Trinajstić information content (AvgIpc) is 2.71. The molecule has 0 fully saturated rings. The summed E-state index contributed by atoms with van der Waals surface area (Å²) in [7, 11) is 1.71. The SMILES string of the molecule is Cn1ncc2c(=O)n(CCC(C)(C)C(=O)O)cnc21. The van der Waals surface area contributed by atoms with E-state index in [2.05, 4.69) is 10.1 Å². The van der Waals surface area contributed by atoms with E-state index >= 15 is 0 Å². The first kappa shape index (κ1) is 13.3. The molecule has 0 radical (unpaired) electrons. The van der Waals surface area contributed by atoms with Gasteiger partial charge in [0.05, 0.1) is 17.9 Å². The molecular formula is C12H16N4O3. The molecule has 0 atom stereocenters. The van der Waals surface area contributed by atoms with E-state index in [4.69, 9.17) is 5.11 Å². The lowest BCUT2D eigenvalue weighted by molar-refractivity contribution is -0.147. The Labute approximate surface area is 109 Å². The average molecular weight is 264 g/mol. The van der Waals surface area contributed by atoms with Gasteiger partial charge in [0.1, 0.15) is 5.39 Å². The van der Waals surface area contributed by atoms with E-state index in [1.807, 2.05) is 0 Å². The molecule has 2 aromatic heterocycles. The summed E-state index contributed by atoms with van der Waals surface area (Å²) in [5.41, 5.74) is -0.540. The number of carbonyl (C=O) groups is 1. The molecule has 0 aliphatic carbocycles. The molecule has 0 amide bonds. The maximum absolute atomic E-state index is 12.2. The van der Waals surface area contributed by atoms with Crippen LogP contribution in [0.3, 0.4) is 0 Å². The second kappa shape index (κ2) is 4.49. The van der Waals surface area contributed by atoms with Crippen molar-refractivity contribution in [1.82, 2.24) is 19.3 Å². The zero-order valence-electron chi connectivity index (χ0n) is 11.1. The third-order valence-corrected chi connectivity index (χ3v) is 3.27. The van der Waals surface area contributed by atoms with E-state index in [1.54, 1.807) is 20.9 Å². The molecular weight excluding hydrogens is 248 g/mol. The van der Waals surface area contributed by atoms with Crippen LogP contribution in [0.4, 0.5) is 0 Å². The second-order valence-electron chi connectivity index (χ2n) is 5.19. The van der Waals surface area contributed by atoms with Crippen molar-refractivity contribution >= 4 is 17.0 Å². The van der Waals surface area contributed by atoms with Gasteiger partial charge in [0.2, 0.25) is 0 Å². The highest BCUT2D eigenvalue weighted by Crippen LogP contribution is 2.20. The summed E-state index contributed by atoms with van der Waals surface area (Å²) in [5, 5.41) is 13.5. The number of aliphatic carboxylic acids is 1. The predicted molar refractivity (Wildman–Crippen MR) is 68.8 cm³/mol. The Morgan fingerprint density at radius 1 is 1.47 bits per heavy atom. The van der Waals surface area contributed by atoms with Gasteiger partial charge in [-0.3, -0.25) is 18.8 Å². The summed E-state index contributed by atoms with van der Waals surface area (Å²) < 4.78 is 2.96. The van der Waals surface area contributed by atoms with E-state index in [9.17, 15) is 9.59 Å². The van der Waals surface area contributed by atoms with Crippen LogP contribution in [0.5, 0.6) is 0 Å². The molecule has 0 unspecified atom stereocenters. The molecule has 2 heterocycles. The van der Waals surface area contributed by atoms with Crippen LogP contribution >= 0.6 is 0 Å². The third kappa shape index (κ3) is 2.35. The number of nitrogens with zero attached hydrogens (tertiary/aromatic N) is 4. The van der Waals surface area contributed by atoms with E-state index in [0.717, 1.165) is 0 Å². The van der Waals surface area contributed by atoms with Crippen LogP contribution in [0, 0.1) is 5.41 Å². The van der Waals surface area contributed by atoms with Crippen LogP contribution in [-0.4, -0.2) is 30.4 Å². The summed E-state index contributed by atoms with van der Waals surface area (Å²) >= 11 is 0. The summed E-state index contributed by atoms with van der Waals surface area (Å²) in [6.45, 7) is 3.59. The van der Waals surface area contributed by atoms with Crippen LogP contribution in [0.15, 0.2) is 17.3 Å². The minimum Gasteiger partial charge on any atom is -0.481 e. The van der Waals surface area contributed by atoms with E-state index < -0.39 is 11.4 Å². The standard InChI is InChI=1S/C12H16N4O3/c1-12(2,11(18)19)4-5-16-7-13-9-8(10(16)17)6-14-15(9)3/h6-7H,4-5H2,1-3H3,(H,18,19). The smallest absolute Gasteiger partial charge is 0.309 e. The van der Waals surface area contributed by atoms with Crippen LogP contribution in [0.25, 0.3) is 11.0 Å². The molecule has 2 rings (SSSR count). The van der Waals surface area contributed by atoms with Gasteiger partial charge >= 0.3 is 5.97 Å². The van der Waals surface area contributed by atoms with Gasteiger partial charge in [0.15, 0.2) is 5.65 Å². The van der Waals surface area contributed by atoms with Gasteiger partial charge in [-0.2, -0.15) is 5.10 Å². The van der Waals surface area contributed by atoms with Crippen molar-refractivity contribution in [2.45, 2.75) is 26.8 Å². The molecule has 7 heteroatoms. The van der Waals surface area contributed by atoms with Crippen molar-refractivity contribution in [2.24, 2.45) is 12.5 Å². The van der Waals surface area contributed by atoms with Crippen molar-refractivity contribution in [3.05, 3.63) is 22.9 Å². The quantitative estimate of drug-likeness (QED) is 0.874. The lowest BCUT2D eigenvalue weighted by Crippen LogP contribution is -2.28. The summed E-state index contributed by atoms with van der Waals surface area (Å²) in [5.74, 6) is -0.879. The summed E-state index contributed by atoms with van der Waals surface area (Å²) in [6.07, 6.45) is 3.27. The van der Waals surface area contributed by atoms with Gasteiger partial charge in [0, 0.05) is 13.6 Å². The van der Waals surface area contributed by atoms with Crippen LogP contribution < -0.4 is 5.56 Å². The molecule has 0 bridgehead atoms. The molecule has 2 aromatic rings. The number of aryl methyl sites for hydroxylation is 2. The van der Waals surface area contributed by atoms with Crippen LogP contribution in [-0.2, 0) is 18.4 Å². The second-order valence-corrected chi connectivity index (χ2v) is 5.19. The molecule has 0 saturated carbocycles. The minimum atomic E-state index is -0.879. The molecule has 0 spiro atoms. The van der Waals surface area contributed by atoms with Gasteiger partial charge in [-0.15, -0.1) is 0 Å². The minimum absolute atomic E-state index is 0.195. The molecule has 1 N–H and O–H groups in total. The number of hydrogen-bond donors (Lipinski definition) is 1. The van der Waals surface area contributed by atoms with Crippen LogP contribution in [0.2, 0.25) is 0 Å². The number of fused-ring (bicyclic) bond motifs is 1. The zero-order chi connectivity index (χ0) is 14.2. The maximum Gasteiger partial charge on any atom is 0.309 e. The van der Waals surface area contributed by atoms with Crippen molar-refractivity contribution in [3.63, 3.8) is 0 Å². The molecule has 19 heavy (non-hydrogen) atoms. The number of hydrogen-bond acceptors (Lipinski definition) is 4. The lowest BCUT2D eigenvalue weighted by atomic mass is 9.90. The molecule has 0 saturated heterocycles. The Morgan fingerprint density at radius 2 is 2.16 bits per heavy atom. The molecule has 7 nitrogen and oxygen atoms in total. The number of rotatable bonds is 4. The molecule has 0 aromatic carbocycles. The first-order valence-electron chi connectivity index (χ1n) is 5.93. The van der Waals surface area contributed by atoms with Gasteiger partial charge in [0.25, 0.3) is 5.56 Å². The maximum atomic E-state index is 12.2. The number of carboxylic acids is 1. The summed E-state index contributed by atoms with van der Waals surface area (Å²) in [4.78, 5) is 27.3. The fraction of sp³-hybridized carbons (Fsp3) is 0.500. The van der Waals surface area contributed by atoms with Gasteiger partial charge < -0.3 is 5.11 Å². The Bertz CT molecular complexity index is 684. The van der Waals surface area contributed by atoms with E-state index in [-0.39, 0.29) is 5.56 Å². The zero-order valence-corrected chi connectivity index (χ0v) is 11.1. The van der Waals surface area contributed by atoms with Crippen molar-refractivity contribution < 1.29 is 9.90 Å². The highest BCUT2D eigenvalue weighted by molar-refractivity contribution is 5.73. The molecule has 0 aliphatic rings. The van der Waals surface area contributed by atoms with Gasteiger partial charge in [-0.25, -0.2) is 4.98 Å². The Balaban J connectivity index is 2.30. The normalized spacial score (nSPS) is 11.9. The highest BCUT2D eigenvalue weighted by atomic mass is 16.4. The van der Waals surface area contributed by atoms with Crippen molar-refractivity contribution in [2.75, 3.05) is 0 Å². The largest absolute Gasteiger partial charge is 0.481 e. The van der Waals surface area contributed by atoms with E-state index in [1.165, 1.54) is 21.8 Å². The Hall–Kier alpha value is -2.18. The fourth-order valence-corrected chi connectivity index (χ4v) is 1.73. The fourth-order valence-electron chi connectivity index (χ4n) is 1.73. The number of carboxylic acid groups (broad SMARTS) is 1. The monoisotopic (exact) mass is 264 g/mol. The first-order valence-corrected chi connectivity index (χ1v) is 5.93. The topological polar surface area (TPSA) is 90.0 Å². The lowest BCUT2D eigenvalue weighted by Gasteiger charge is -2.19. The van der Waals surface area contributed by atoms with E-state index in [0.29, 0.717) is 24.0 Å². The summed E-state index contributed by atoms with van der Waals surface area (Å²) in [6, 6.07) is 0. The Kier molecular flexibility index (Phi) is 3.13. The number of aromatic nitrogens is 4. The van der Waals surface area contributed by atoms with Crippen molar-refractivity contribution in [1.29, 1.82) is 0 Å². The van der Waals surface area contributed by atoms with Crippen LogP contribution in [0.1, 0.15) is 20.3 Å². The highest BCUT2D eigenvalue weighted by Gasteiger charge is 2.26. The van der Waals surface area contributed by atoms with Crippen molar-refractivity contribution in [3.8, 4) is 0 Å². The molecule has 102 valence electrons. The van der Waals surface area contributed by atoms with Gasteiger partial charge in [-0.05, 0) is 20.3 Å².